The molecule has 10 aromatic carbocycles. The molecule has 306 valence electrons. The minimum Gasteiger partial charge on any atom is -0.455 e. The van der Waals surface area contributed by atoms with Crippen LogP contribution >= 0.6 is 0 Å². The van der Waals surface area contributed by atoms with Crippen molar-refractivity contribution in [3.63, 3.8) is 0 Å². The molecule has 0 spiro atoms. The van der Waals surface area contributed by atoms with Crippen LogP contribution in [0.25, 0.3) is 55.3 Å². The summed E-state index contributed by atoms with van der Waals surface area (Å²) in [6.07, 6.45) is 0. The first-order valence-corrected chi connectivity index (χ1v) is 22.6. The van der Waals surface area contributed by atoms with Crippen LogP contribution in [0.15, 0.2) is 247 Å². The van der Waals surface area contributed by atoms with Crippen LogP contribution in [0.1, 0.15) is 45.9 Å². The zero-order valence-electron chi connectivity index (χ0n) is 35.9. The lowest BCUT2D eigenvalue weighted by Crippen LogP contribution is -2.28. The van der Waals surface area contributed by atoms with E-state index in [0.717, 1.165) is 50.1 Å². The van der Waals surface area contributed by atoms with Crippen molar-refractivity contribution in [1.29, 1.82) is 0 Å². The molecule has 0 aliphatic heterocycles. The Hall–Kier alpha value is -8.20. The van der Waals surface area contributed by atoms with Crippen molar-refractivity contribution in [2.24, 2.45) is 0 Å². The van der Waals surface area contributed by atoms with Crippen molar-refractivity contribution >= 4 is 39.0 Å². The summed E-state index contributed by atoms with van der Waals surface area (Å²) in [4.78, 5) is 2.46. The van der Waals surface area contributed by atoms with Crippen molar-refractivity contribution in [3.8, 4) is 33.4 Å². The van der Waals surface area contributed by atoms with Crippen molar-refractivity contribution < 1.29 is 4.42 Å². The summed E-state index contributed by atoms with van der Waals surface area (Å²) in [5.41, 5.74) is 20.5. The summed E-state index contributed by atoms with van der Waals surface area (Å²) >= 11 is 0. The Kier molecular flexibility index (Phi) is 8.29. The van der Waals surface area contributed by atoms with Gasteiger partial charge in [0.15, 0.2) is 0 Å². The molecule has 2 aliphatic carbocycles. The highest BCUT2D eigenvalue weighted by molar-refractivity contribution is 6.09. The summed E-state index contributed by atoms with van der Waals surface area (Å²) in [6.45, 7) is 2.39. The highest BCUT2D eigenvalue weighted by atomic mass is 16.3. The van der Waals surface area contributed by atoms with Crippen LogP contribution in [0.2, 0.25) is 0 Å². The van der Waals surface area contributed by atoms with Crippen molar-refractivity contribution in [1.82, 2.24) is 0 Å². The van der Waals surface area contributed by atoms with Gasteiger partial charge in [-0.15, -0.1) is 0 Å². The second-order valence-electron chi connectivity index (χ2n) is 17.7. The van der Waals surface area contributed by atoms with Crippen molar-refractivity contribution in [3.05, 3.63) is 282 Å². The third-order valence-electron chi connectivity index (χ3n) is 14.4. The molecule has 13 rings (SSSR count). The number of hydrogen-bond acceptors (Lipinski definition) is 2. The molecule has 0 saturated heterocycles. The van der Waals surface area contributed by atoms with Gasteiger partial charge in [0.05, 0.1) is 5.41 Å². The fraction of sp³-hybridized carbons (Fsp3) is 0.0476. The summed E-state index contributed by atoms with van der Waals surface area (Å²) in [7, 11) is 0. The molecule has 2 nitrogen and oxygen atoms in total. The van der Waals surface area contributed by atoms with Crippen LogP contribution in [0.3, 0.4) is 0 Å². The largest absolute Gasteiger partial charge is 0.455 e. The number of anilines is 3. The summed E-state index contributed by atoms with van der Waals surface area (Å²) in [6, 6.07) is 89.1. The molecule has 1 unspecified atom stereocenters. The molecular weight excluding hydrogens is 787 g/mol. The number of para-hydroxylation sites is 2. The average Bonchev–Trinajstić information content (AvgIpc) is 4.00. The topological polar surface area (TPSA) is 16.4 Å². The van der Waals surface area contributed by atoms with Crippen LogP contribution in [0.4, 0.5) is 17.1 Å². The number of fused-ring (bicyclic) bond motifs is 9. The van der Waals surface area contributed by atoms with E-state index in [1.54, 1.807) is 0 Å². The number of benzene rings is 10. The lowest BCUT2D eigenvalue weighted by molar-refractivity contribution is 0.670. The normalized spacial score (nSPS) is 15.3. The van der Waals surface area contributed by atoms with Crippen LogP contribution in [0.5, 0.6) is 0 Å². The monoisotopic (exact) mass is 829 g/mol. The smallest absolute Gasteiger partial charge is 0.143 e. The molecule has 0 radical (unpaired) electrons. The maximum atomic E-state index is 6.61. The predicted octanol–water partition coefficient (Wildman–Crippen LogP) is 16.4. The second-order valence-corrected chi connectivity index (χ2v) is 17.7. The highest BCUT2D eigenvalue weighted by Crippen LogP contribution is 2.58. The first-order valence-electron chi connectivity index (χ1n) is 22.6. The predicted molar refractivity (Wildman–Crippen MR) is 269 cm³/mol. The Morgan fingerprint density at radius 3 is 1.52 bits per heavy atom. The zero-order valence-corrected chi connectivity index (χ0v) is 35.9. The lowest BCUT2D eigenvalue weighted by atomic mass is 9.68. The minimum atomic E-state index is -0.484. The second kappa shape index (κ2) is 14.4. The van der Waals surface area contributed by atoms with Gasteiger partial charge in [-0.1, -0.05) is 200 Å². The van der Waals surface area contributed by atoms with E-state index in [4.69, 9.17) is 4.42 Å². The van der Waals surface area contributed by atoms with E-state index in [0.29, 0.717) is 0 Å². The highest BCUT2D eigenvalue weighted by Gasteiger charge is 2.46. The molecule has 1 heterocycles. The first kappa shape index (κ1) is 37.4. The van der Waals surface area contributed by atoms with Gasteiger partial charge in [-0.05, 0) is 116 Å². The van der Waals surface area contributed by atoms with Crippen LogP contribution in [-0.4, -0.2) is 0 Å². The standard InChI is InChI=1S/C63H43NO/c1-62(43-20-5-2-6-21-43)56-32-14-11-27-50(56)54-40-47(35-37-57(54)62)64(46-26-17-19-42(39-46)49-30-18-31-53-52-29-13-16-34-60(52)65-61(49)53)48-36-38-59-55(41-48)51-28-12-15-33-58(51)63(59,44-22-7-3-8-23-44)45-24-9-4-10-25-45/h2-41H,1H3. The molecule has 1 atom stereocenters. The molecule has 2 heteroatoms. The van der Waals surface area contributed by atoms with E-state index in [2.05, 4.69) is 248 Å². The summed E-state index contributed by atoms with van der Waals surface area (Å²) in [5.74, 6) is 0. The van der Waals surface area contributed by atoms with Gasteiger partial charge in [0, 0.05) is 38.8 Å². The Labute approximate surface area is 379 Å². The van der Waals surface area contributed by atoms with E-state index in [1.165, 1.54) is 61.2 Å². The van der Waals surface area contributed by atoms with Gasteiger partial charge in [0.25, 0.3) is 0 Å². The average molecular weight is 830 g/mol. The minimum absolute atomic E-state index is 0.294. The van der Waals surface area contributed by atoms with Crippen molar-refractivity contribution in [2.45, 2.75) is 17.8 Å². The third-order valence-corrected chi connectivity index (χ3v) is 14.4. The van der Waals surface area contributed by atoms with E-state index in [9.17, 15) is 0 Å². The summed E-state index contributed by atoms with van der Waals surface area (Å²) < 4.78 is 6.61. The van der Waals surface area contributed by atoms with Crippen LogP contribution in [0, 0.1) is 0 Å². The maximum Gasteiger partial charge on any atom is 0.143 e. The molecule has 0 N–H and O–H groups in total. The Morgan fingerprint density at radius 2 is 0.815 bits per heavy atom. The van der Waals surface area contributed by atoms with Gasteiger partial charge in [-0.2, -0.15) is 0 Å². The van der Waals surface area contributed by atoms with Gasteiger partial charge in [-0.3, -0.25) is 0 Å². The molecule has 1 aromatic heterocycles. The molecule has 0 bridgehead atoms. The zero-order chi connectivity index (χ0) is 43.1. The van der Waals surface area contributed by atoms with Crippen LogP contribution < -0.4 is 4.90 Å². The van der Waals surface area contributed by atoms with Crippen molar-refractivity contribution in [2.75, 3.05) is 4.90 Å². The molecule has 0 fully saturated rings. The third kappa shape index (κ3) is 5.41. The number of rotatable bonds is 7. The number of hydrogen-bond donors (Lipinski definition) is 0. The Morgan fingerprint density at radius 1 is 0.338 bits per heavy atom. The van der Waals surface area contributed by atoms with Gasteiger partial charge in [0.1, 0.15) is 11.2 Å². The van der Waals surface area contributed by atoms with Gasteiger partial charge >= 0.3 is 0 Å². The van der Waals surface area contributed by atoms with E-state index in [1.807, 2.05) is 6.07 Å². The van der Waals surface area contributed by atoms with E-state index in [-0.39, 0.29) is 5.41 Å². The Balaban J connectivity index is 1.05. The quantitative estimate of drug-likeness (QED) is 0.159. The Bertz CT molecular complexity index is 3580. The first-order chi connectivity index (χ1) is 32.1. The molecule has 2 aliphatic rings. The van der Waals surface area contributed by atoms with Gasteiger partial charge < -0.3 is 9.32 Å². The number of furan rings is 1. The molecule has 11 aromatic rings. The fourth-order valence-electron chi connectivity index (χ4n) is 11.5. The van der Waals surface area contributed by atoms with Gasteiger partial charge in [-0.25, -0.2) is 0 Å². The maximum absolute atomic E-state index is 6.61. The molecule has 0 saturated carbocycles. The van der Waals surface area contributed by atoms with Gasteiger partial charge in [0.2, 0.25) is 0 Å². The molecule has 65 heavy (non-hydrogen) atoms. The van der Waals surface area contributed by atoms with E-state index < -0.39 is 5.41 Å². The molecular formula is C63H43NO. The van der Waals surface area contributed by atoms with E-state index >= 15 is 0 Å². The fourth-order valence-corrected chi connectivity index (χ4v) is 11.5. The lowest BCUT2D eigenvalue weighted by Gasteiger charge is -2.34. The summed E-state index contributed by atoms with van der Waals surface area (Å²) in [5, 5.41) is 2.25. The SMILES string of the molecule is CC1(c2ccccc2)c2ccccc2-c2cc(N(c3cccc(-c4cccc5c4oc4ccccc45)c3)c3ccc4c(c3)-c3ccccc3C4(c3ccccc3)c3ccccc3)ccc21. The number of nitrogens with zero attached hydrogens (tertiary/aromatic N) is 1. The van der Waals surface area contributed by atoms with Crippen LogP contribution in [-0.2, 0) is 10.8 Å². The molecule has 0 amide bonds.